The first-order valence-corrected chi connectivity index (χ1v) is 17.5. The van der Waals surface area contributed by atoms with Crippen molar-refractivity contribution < 1.29 is 0 Å². The minimum Gasteiger partial charge on any atom is -0.338 e. The van der Waals surface area contributed by atoms with Crippen molar-refractivity contribution in [3.8, 4) is 5.69 Å². The van der Waals surface area contributed by atoms with E-state index in [1.54, 1.807) is 0 Å². The Morgan fingerprint density at radius 1 is 0.729 bits per heavy atom. The summed E-state index contributed by atoms with van der Waals surface area (Å²) in [5, 5.41) is 2.67. The summed E-state index contributed by atoms with van der Waals surface area (Å²) in [5.74, 6) is 1.46. The third-order valence-corrected chi connectivity index (χ3v) is 11.3. The molecular weight excluding hydrogens is 583 g/mol. The largest absolute Gasteiger partial charge is 0.338 e. The number of aliphatic imine (C=N–C) groups is 1. The van der Waals surface area contributed by atoms with Crippen molar-refractivity contribution >= 4 is 44.9 Å². The molecule has 3 aliphatic carbocycles. The topological polar surface area (TPSA) is 20.5 Å². The zero-order valence-corrected chi connectivity index (χ0v) is 26.9. The molecule has 4 atom stereocenters. The predicted octanol–water partition coefficient (Wildman–Crippen LogP) is 11.0. The summed E-state index contributed by atoms with van der Waals surface area (Å²) in [5.41, 5.74) is 13.2. The number of hydrogen-bond donors (Lipinski definition) is 0. The standard InChI is InChI=1S/C45H37N3/c1-2-9-30(10-3-1)31-17-21-36(22-18-31)47-42-15-6-4-13-38(42)40-26-33(19-23-44(40)47)34-20-24-45-41(27-34)39-14-5-7-16-43(39)48(45)37-12-8-11-32(25-37)35-28-46-29-35/h1-2,4-9,11-19,21-26,28-29,34,39,41,43H,3,10,20,27H2. The summed E-state index contributed by atoms with van der Waals surface area (Å²) >= 11 is 0. The van der Waals surface area contributed by atoms with E-state index >= 15 is 0 Å². The lowest BCUT2D eigenvalue weighted by atomic mass is 9.75. The molecule has 232 valence electrons. The van der Waals surface area contributed by atoms with E-state index in [1.807, 2.05) is 12.4 Å². The van der Waals surface area contributed by atoms with Crippen molar-refractivity contribution in [2.24, 2.45) is 16.8 Å². The molecule has 0 saturated carbocycles. The van der Waals surface area contributed by atoms with Crippen molar-refractivity contribution in [2.45, 2.75) is 37.6 Å². The Morgan fingerprint density at radius 2 is 1.60 bits per heavy atom. The van der Waals surface area contributed by atoms with E-state index in [2.05, 4.69) is 154 Å². The highest BCUT2D eigenvalue weighted by atomic mass is 15.2. The molecule has 0 bridgehead atoms. The van der Waals surface area contributed by atoms with Crippen LogP contribution in [0.2, 0.25) is 0 Å². The second kappa shape index (κ2) is 11.1. The average Bonchev–Trinajstić information content (AvgIpc) is 3.64. The summed E-state index contributed by atoms with van der Waals surface area (Å²) in [6, 6.07) is 34.7. The number of nitrogens with zero attached hydrogens (tertiary/aromatic N) is 3. The maximum Gasteiger partial charge on any atom is 0.0591 e. The summed E-state index contributed by atoms with van der Waals surface area (Å²) in [6.07, 6.45) is 27.0. The number of hydrogen-bond acceptors (Lipinski definition) is 2. The maximum absolute atomic E-state index is 4.20. The fourth-order valence-electron chi connectivity index (χ4n) is 8.90. The van der Waals surface area contributed by atoms with Crippen LogP contribution in [0.1, 0.15) is 48.3 Å². The minimum atomic E-state index is 0.349. The van der Waals surface area contributed by atoms with Crippen LogP contribution in [0.5, 0.6) is 0 Å². The lowest BCUT2D eigenvalue weighted by Crippen LogP contribution is -2.30. The molecule has 1 fully saturated rings. The molecule has 3 heterocycles. The van der Waals surface area contributed by atoms with Gasteiger partial charge in [-0.1, -0.05) is 97.1 Å². The van der Waals surface area contributed by atoms with Gasteiger partial charge in [0.25, 0.3) is 0 Å². The zero-order chi connectivity index (χ0) is 31.6. The van der Waals surface area contributed by atoms with Crippen molar-refractivity contribution in [3.05, 3.63) is 168 Å². The Hall–Kier alpha value is -5.41. The third-order valence-electron chi connectivity index (χ3n) is 11.3. The molecule has 3 heteroatoms. The fraction of sp³-hybridized carbons (Fsp3) is 0.178. The molecule has 1 aromatic heterocycles. The van der Waals surface area contributed by atoms with E-state index in [0.29, 0.717) is 23.8 Å². The van der Waals surface area contributed by atoms with Gasteiger partial charge in [0.15, 0.2) is 0 Å². The zero-order valence-electron chi connectivity index (χ0n) is 26.9. The van der Waals surface area contributed by atoms with Gasteiger partial charge in [0, 0.05) is 57.7 Å². The van der Waals surface area contributed by atoms with Crippen LogP contribution in [0.4, 0.5) is 5.69 Å². The van der Waals surface area contributed by atoms with Gasteiger partial charge in [0.05, 0.1) is 17.1 Å². The van der Waals surface area contributed by atoms with Crippen molar-refractivity contribution in [1.82, 2.24) is 4.57 Å². The number of para-hydroxylation sites is 1. The molecule has 1 saturated heterocycles. The molecule has 0 N–H and O–H groups in total. The fourth-order valence-corrected chi connectivity index (χ4v) is 8.90. The number of aromatic nitrogens is 1. The van der Waals surface area contributed by atoms with Gasteiger partial charge in [-0.05, 0) is 96.3 Å². The Morgan fingerprint density at radius 3 is 2.46 bits per heavy atom. The molecule has 48 heavy (non-hydrogen) atoms. The van der Waals surface area contributed by atoms with Gasteiger partial charge in [0.1, 0.15) is 0 Å². The van der Waals surface area contributed by atoms with Crippen LogP contribution < -0.4 is 4.90 Å². The first-order chi connectivity index (χ1) is 23.8. The van der Waals surface area contributed by atoms with Crippen LogP contribution >= 0.6 is 0 Å². The molecule has 0 amide bonds. The second-order valence-corrected chi connectivity index (χ2v) is 13.9. The van der Waals surface area contributed by atoms with Crippen LogP contribution in [0, 0.1) is 11.8 Å². The highest BCUT2D eigenvalue weighted by molar-refractivity contribution is 6.14. The number of anilines is 1. The molecule has 10 rings (SSSR count). The van der Waals surface area contributed by atoms with E-state index < -0.39 is 0 Å². The van der Waals surface area contributed by atoms with Crippen LogP contribution in [-0.2, 0) is 0 Å². The lowest BCUT2D eigenvalue weighted by Gasteiger charge is -2.31. The monoisotopic (exact) mass is 619 g/mol. The van der Waals surface area contributed by atoms with Crippen LogP contribution in [0.25, 0.3) is 38.6 Å². The Balaban J connectivity index is 1.00. The van der Waals surface area contributed by atoms with Crippen molar-refractivity contribution in [1.29, 1.82) is 0 Å². The molecular formula is C45H37N3. The summed E-state index contributed by atoms with van der Waals surface area (Å²) < 4.78 is 2.45. The molecule has 3 nitrogen and oxygen atoms in total. The van der Waals surface area contributed by atoms with E-state index in [4.69, 9.17) is 0 Å². The van der Waals surface area contributed by atoms with E-state index in [1.165, 1.54) is 66.7 Å². The first kappa shape index (κ1) is 27.7. The van der Waals surface area contributed by atoms with E-state index in [-0.39, 0.29) is 0 Å². The Kier molecular flexibility index (Phi) is 6.40. The number of fused-ring (bicyclic) bond motifs is 6. The van der Waals surface area contributed by atoms with E-state index in [0.717, 1.165) is 25.7 Å². The Labute approximate surface area is 281 Å². The molecule has 0 spiro atoms. The maximum atomic E-state index is 4.20. The van der Waals surface area contributed by atoms with Crippen LogP contribution in [0.15, 0.2) is 156 Å². The number of rotatable bonds is 5. The van der Waals surface area contributed by atoms with E-state index in [9.17, 15) is 0 Å². The number of benzene rings is 4. The molecule has 4 aromatic carbocycles. The van der Waals surface area contributed by atoms with Crippen molar-refractivity contribution in [2.75, 3.05) is 4.90 Å². The van der Waals surface area contributed by atoms with Crippen LogP contribution in [-0.4, -0.2) is 16.8 Å². The molecule has 5 aromatic rings. The Bertz CT molecular complexity index is 2320. The minimum absolute atomic E-state index is 0.349. The summed E-state index contributed by atoms with van der Waals surface area (Å²) in [6.45, 7) is 0. The molecule has 5 aliphatic rings. The van der Waals surface area contributed by atoms with Gasteiger partial charge in [-0.3, -0.25) is 4.99 Å². The molecule has 0 radical (unpaired) electrons. The predicted molar refractivity (Wildman–Crippen MR) is 202 cm³/mol. The van der Waals surface area contributed by atoms with Gasteiger partial charge >= 0.3 is 0 Å². The van der Waals surface area contributed by atoms with Gasteiger partial charge < -0.3 is 9.47 Å². The second-order valence-electron chi connectivity index (χ2n) is 13.9. The normalized spacial score (nSPS) is 23.9. The van der Waals surface area contributed by atoms with Gasteiger partial charge in [-0.25, -0.2) is 0 Å². The highest BCUT2D eigenvalue weighted by Gasteiger charge is 2.46. The molecule has 2 aliphatic heterocycles. The quantitative estimate of drug-likeness (QED) is 0.192. The van der Waals surface area contributed by atoms with Gasteiger partial charge in [0.2, 0.25) is 0 Å². The average molecular weight is 620 g/mol. The SMILES string of the molecule is C1=CCCC(c2ccc(-n3c4ccccc4c4cc(C5CC=C6C(C5)C5C=CC=CC5N6c5cccc(C6=CN=C6)c5)ccc43)cc2)=C1. The third kappa shape index (κ3) is 4.37. The molecule has 4 unspecified atom stereocenters. The lowest BCUT2D eigenvalue weighted by molar-refractivity contribution is 0.404. The summed E-state index contributed by atoms with van der Waals surface area (Å²) in [4.78, 5) is 6.82. The summed E-state index contributed by atoms with van der Waals surface area (Å²) in [7, 11) is 0. The van der Waals surface area contributed by atoms with Gasteiger partial charge in [-0.2, -0.15) is 0 Å². The van der Waals surface area contributed by atoms with Gasteiger partial charge in [-0.15, -0.1) is 0 Å². The number of allylic oxidation sites excluding steroid dienone is 9. The van der Waals surface area contributed by atoms with Crippen LogP contribution in [0.3, 0.4) is 0 Å². The van der Waals surface area contributed by atoms with Crippen molar-refractivity contribution in [3.63, 3.8) is 0 Å². The first-order valence-electron chi connectivity index (χ1n) is 17.5. The highest BCUT2D eigenvalue weighted by Crippen LogP contribution is 2.51. The smallest absolute Gasteiger partial charge is 0.0591 e.